The molecule has 0 radical (unpaired) electrons. The highest BCUT2D eigenvalue weighted by Gasteiger charge is 2.00. The Hall–Kier alpha value is -2.70. The topological polar surface area (TPSA) is 92.3 Å². The van der Waals surface area contributed by atoms with Gasteiger partial charge in [-0.1, -0.05) is 6.92 Å². The van der Waals surface area contributed by atoms with E-state index in [0.29, 0.717) is 18.1 Å². The Morgan fingerprint density at radius 3 is 2.86 bits per heavy atom. The van der Waals surface area contributed by atoms with Crippen LogP contribution in [0, 0.1) is 6.92 Å². The minimum absolute atomic E-state index is 0.331. The van der Waals surface area contributed by atoms with Crippen LogP contribution < -0.4 is 15.9 Å². The molecule has 2 aromatic rings. The van der Waals surface area contributed by atoms with Gasteiger partial charge in [0.25, 0.3) is 0 Å². The Kier molecular flexibility index (Phi) is 5.03. The Bertz CT molecular complexity index is 664. The SMILES string of the molecule is CCCOc1ccc(/C=N\Nc2nc(=O)[nH]nc2C)cc1. The fraction of sp³-hybridized carbons (Fsp3) is 0.286. The van der Waals surface area contributed by atoms with E-state index in [0.717, 1.165) is 17.7 Å². The Labute approximate surface area is 122 Å². The molecular weight excluding hydrogens is 270 g/mol. The van der Waals surface area contributed by atoms with Crippen molar-refractivity contribution in [1.82, 2.24) is 15.2 Å². The first-order chi connectivity index (χ1) is 10.2. The van der Waals surface area contributed by atoms with Gasteiger partial charge in [0.2, 0.25) is 0 Å². The van der Waals surface area contributed by atoms with E-state index in [1.807, 2.05) is 24.3 Å². The molecule has 21 heavy (non-hydrogen) atoms. The number of aromatic nitrogens is 3. The average Bonchev–Trinajstić information content (AvgIpc) is 2.50. The van der Waals surface area contributed by atoms with Gasteiger partial charge in [-0.2, -0.15) is 15.2 Å². The van der Waals surface area contributed by atoms with Crippen LogP contribution in [-0.2, 0) is 0 Å². The van der Waals surface area contributed by atoms with E-state index >= 15 is 0 Å². The first kappa shape index (κ1) is 14.7. The molecule has 0 bridgehead atoms. The fourth-order valence-corrected chi connectivity index (χ4v) is 1.54. The summed E-state index contributed by atoms with van der Waals surface area (Å²) in [5.74, 6) is 1.16. The number of hydrogen-bond donors (Lipinski definition) is 2. The highest BCUT2D eigenvalue weighted by Crippen LogP contribution is 2.11. The molecule has 0 amide bonds. The third-order valence-electron chi connectivity index (χ3n) is 2.61. The van der Waals surface area contributed by atoms with E-state index in [1.54, 1.807) is 13.1 Å². The lowest BCUT2D eigenvalue weighted by molar-refractivity contribution is 0.317. The number of aryl methyl sites for hydroxylation is 1. The maximum absolute atomic E-state index is 11.1. The van der Waals surface area contributed by atoms with E-state index < -0.39 is 5.69 Å². The number of benzene rings is 1. The van der Waals surface area contributed by atoms with E-state index in [4.69, 9.17) is 4.74 Å². The van der Waals surface area contributed by atoms with Crippen molar-refractivity contribution < 1.29 is 4.74 Å². The summed E-state index contributed by atoms with van der Waals surface area (Å²) in [6.07, 6.45) is 2.61. The number of H-pyrrole nitrogens is 1. The molecule has 1 aromatic carbocycles. The van der Waals surface area contributed by atoms with Crippen LogP contribution in [0.4, 0.5) is 5.82 Å². The molecule has 110 valence electrons. The minimum atomic E-state index is -0.518. The zero-order valence-corrected chi connectivity index (χ0v) is 12.0. The summed E-state index contributed by atoms with van der Waals surface area (Å²) in [6.45, 7) is 4.49. The van der Waals surface area contributed by atoms with Crippen LogP contribution in [0.2, 0.25) is 0 Å². The fourth-order valence-electron chi connectivity index (χ4n) is 1.54. The molecule has 7 heteroatoms. The van der Waals surface area contributed by atoms with Gasteiger partial charge < -0.3 is 4.74 Å². The number of nitrogens with one attached hydrogen (secondary N) is 2. The zero-order valence-electron chi connectivity index (χ0n) is 12.0. The number of anilines is 1. The molecule has 0 aliphatic heterocycles. The molecule has 0 saturated carbocycles. The molecule has 1 heterocycles. The van der Waals surface area contributed by atoms with Crippen molar-refractivity contribution in [2.45, 2.75) is 20.3 Å². The van der Waals surface area contributed by atoms with Gasteiger partial charge in [0.15, 0.2) is 5.82 Å². The van der Waals surface area contributed by atoms with Gasteiger partial charge in [-0.15, -0.1) is 0 Å². The minimum Gasteiger partial charge on any atom is -0.494 e. The normalized spacial score (nSPS) is 10.8. The monoisotopic (exact) mass is 287 g/mol. The Balaban J connectivity index is 1.98. The van der Waals surface area contributed by atoms with Crippen molar-refractivity contribution in [2.24, 2.45) is 5.10 Å². The molecular formula is C14H17N5O2. The van der Waals surface area contributed by atoms with Gasteiger partial charge in [-0.05, 0) is 43.2 Å². The third-order valence-corrected chi connectivity index (χ3v) is 2.61. The molecule has 0 atom stereocenters. The predicted molar refractivity (Wildman–Crippen MR) is 80.8 cm³/mol. The number of ether oxygens (including phenoxy) is 1. The second kappa shape index (κ2) is 7.18. The van der Waals surface area contributed by atoms with E-state index in [9.17, 15) is 4.79 Å². The number of rotatable bonds is 6. The molecule has 0 aliphatic rings. The number of hydrazone groups is 1. The number of aromatic amines is 1. The van der Waals surface area contributed by atoms with Gasteiger partial charge >= 0.3 is 5.69 Å². The Morgan fingerprint density at radius 1 is 1.38 bits per heavy atom. The van der Waals surface area contributed by atoms with Crippen LogP contribution in [0.15, 0.2) is 34.2 Å². The van der Waals surface area contributed by atoms with Crippen molar-refractivity contribution in [3.05, 3.63) is 46.0 Å². The van der Waals surface area contributed by atoms with Gasteiger partial charge in [0.1, 0.15) is 11.4 Å². The summed E-state index contributed by atoms with van der Waals surface area (Å²) in [7, 11) is 0. The summed E-state index contributed by atoms with van der Waals surface area (Å²) < 4.78 is 5.50. The van der Waals surface area contributed by atoms with Crippen molar-refractivity contribution in [2.75, 3.05) is 12.0 Å². The predicted octanol–water partition coefficient (Wildman–Crippen LogP) is 1.71. The van der Waals surface area contributed by atoms with Gasteiger partial charge in [-0.25, -0.2) is 9.89 Å². The standard InChI is InChI=1S/C14H17N5O2/c1-3-8-21-12-6-4-11(5-7-12)9-15-18-13-10(2)17-19-14(20)16-13/h4-7,9H,3,8H2,1-2H3,(H2,16,18,19,20)/b15-9-. The highest BCUT2D eigenvalue weighted by molar-refractivity contribution is 5.80. The lowest BCUT2D eigenvalue weighted by Crippen LogP contribution is -2.15. The molecule has 0 fully saturated rings. The van der Waals surface area contributed by atoms with Crippen LogP contribution >= 0.6 is 0 Å². The van der Waals surface area contributed by atoms with Crippen LogP contribution in [0.3, 0.4) is 0 Å². The van der Waals surface area contributed by atoms with Crippen LogP contribution in [-0.4, -0.2) is 28.0 Å². The molecule has 2 N–H and O–H groups in total. The third kappa shape index (κ3) is 4.41. The zero-order chi connectivity index (χ0) is 15.1. The second-order valence-corrected chi connectivity index (χ2v) is 4.36. The molecule has 2 rings (SSSR count). The molecule has 1 aromatic heterocycles. The summed E-state index contributed by atoms with van der Waals surface area (Å²) in [6, 6.07) is 7.56. The molecule has 0 saturated heterocycles. The maximum Gasteiger partial charge on any atom is 0.363 e. The summed E-state index contributed by atoms with van der Waals surface area (Å²) >= 11 is 0. The van der Waals surface area contributed by atoms with Gasteiger partial charge in [-0.3, -0.25) is 5.43 Å². The van der Waals surface area contributed by atoms with Crippen LogP contribution in [0.5, 0.6) is 5.75 Å². The molecule has 0 unspecified atom stereocenters. The van der Waals surface area contributed by atoms with E-state index in [-0.39, 0.29) is 0 Å². The van der Waals surface area contributed by atoms with Crippen molar-refractivity contribution in [3.63, 3.8) is 0 Å². The summed E-state index contributed by atoms with van der Waals surface area (Å²) in [5, 5.41) is 10.1. The van der Waals surface area contributed by atoms with Gasteiger partial charge in [0.05, 0.1) is 12.8 Å². The molecule has 7 nitrogen and oxygen atoms in total. The lowest BCUT2D eigenvalue weighted by atomic mass is 10.2. The van der Waals surface area contributed by atoms with E-state index in [1.165, 1.54) is 0 Å². The van der Waals surface area contributed by atoms with E-state index in [2.05, 4.69) is 32.6 Å². The van der Waals surface area contributed by atoms with Crippen LogP contribution in [0.1, 0.15) is 24.6 Å². The second-order valence-electron chi connectivity index (χ2n) is 4.36. The Morgan fingerprint density at radius 2 is 2.14 bits per heavy atom. The first-order valence-corrected chi connectivity index (χ1v) is 6.64. The average molecular weight is 287 g/mol. The van der Waals surface area contributed by atoms with Crippen molar-refractivity contribution in [3.8, 4) is 5.75 Å². The largest absolute Gasteiger partial charge is 0.494 e. The van der Waals surface area contributed by atoms with Crippen LogP contribution in [0.25, 0.3) is 0 Å². The smallest absolute Gasteiger partial charge is 0.363 e. The summed E-state index contributed by atoms with van der Waals surface area (Å²) in [5.41, 5.74) is 3.65. The quantitative estimate of drug-likeness (QED) is 0.623. The maximum atomic E-state index is 11.1. The highest BCUT2D eigenvalue weighted by atomic mass is 16.5. The first-order valence-electron chi connectivity index (χ1n) is 6.64. The molecule has 0 aliphatic carbocycles. The molecule has 0 spiro atoms. The number of hydrogen-bond acceptors (Lipinski definition) is 6. The summed E-state index contributed by atoms with van der Waals surface area (Å²) in [4.78, 5) is 14.8. The van der Waals surface area contributed by atoms with Crippen molar-refractivity contribution >= 4 is 12.0 Å². The van der Waals surface area contributed by atoms with Crippen molar-refractivity contribution in [1.29, 1.82) is 0 Å². The lowest BCUT2D eigenvalue weighted by Gasteiger charge is -2.04. The van der Waals surface area contributed by atoms with Gasteiger partial charge in [0, 0.05) is 0 Å². The number of nitrogens with zero attached hydrogens (tertiary/aromatic N) is 3.